The van der Waals surface area contributed by atoms with E-state index in [-0.39, 0.29) is 0 Å². The van der Waals surface area contributed by atoms with Gasteiger partial charge in [0.05, 0.1) is 17.3 Å². The van der Waals surface area contributed by atoms with Gasteiger partial charge in [0.1, 0.15) is 0 Å². The van der Waals surface area contributed by atoms with Crippen molar-refractivity contribution >= 4 is 15.9 Å². The van der Waals surface area contributed by atoms with E-state index < -0.39 is 0 Å². The van der Waals surface area contributed by atoms with Gasteiger partial charge in [-0.15, -0.1) is 0 Å². The smallest absolute Gasteiger partial charge is 0.151 e. The first-order chi connectivity index (χ1) is 6.09. The molecular weight excluding hydrogens is 230 g/mol. The number of halogens is 1. The van der Waals surface area contributed by atoms with Crippen LogP contribution in [0.25, 0.3) is 0 Å². The first-order valence-electron chi connectivity index (χ1n) is 4.34. The van der Waals surface area contributed by atoms with E-state index in [1.54, 1.807) is 6.20 Å². The summed E-state index contributed by atoms with van der Waals surface area (Å²) in [5.41, 5.74) is 0.990. The molecule has 3 heteroatoms. The van der Waals surface area contributed by atoms with E-state index in [0.29, 0.717) is 5.92 Å². The molecule has 2 nitrogen and oxygen atoms in total. The molecule has 13 heavy (non-hydrogen) atoms. The first-order valence-corrected chi connectivity index (χ1v) is 5.14. The van der Waals surface area contributed by atoms with Crippen LogP contribution < -0.4 is 4.74 Å². The zero-order valence-corrected chi connectivity index (χ0v) is 9.76. The molecule has 0 amide bonds. The highest BCUT2D eigenvalue weighted by molar-refractivity contribution is 9.10. The fourth-order valence-electron chi connectivity index (χ4n) is 0.877. The Bertz CT molecular complexity index is 286. The lowest BCUT2D eigenvalue weighted by atomic mass is 10.2. The molecule has 1 rings (SSSR count). The number of hydrogen-bond acceptors (Lipinski definition) is 2. The lowest BCUT2D eigenvalue weighted by Gasteiger charge is -2.09. The molecule has 0 N–H and O–H groups in total. The van der Waals surface area contributed by atoms with Crippen LogP contribution in [0, 0.1) is 12.8 Å². The quantitative estimate of drug-likeness (QED) is 0.814. The van der Waals surface area contributed by atoms with Crippen molar-refractivity contribution in [3.8, 4) is 5.75 Å². The summed E-state index contributed by atoms with van der Waals surface area (Å²) in [6.07, 6.45) is 1.75. The molecule has 0 aliphatic heterocycles. The second-order valence-corrected chi connectivity index (χ2v) is 4.32. The fourth-order valence-corrected chi connectivity index (χ4v) is 1.42. The van der Waals surface area contributed by atoms with Crippen molar-refractivity contribution in [2.75, 3.05) is 6.61 Å². The summed E-state index contributed by atoms with van der Waals surface area (Å²) in [5, 5.41) is 0. The molecule has 1 aromatic rings. The highest BCUT2D eigenvalue weighted by atomic mass is 79.9. The monoisotopic (exact) mass is 243 g/mol. The van der Waals surface area contributed by atoms with E-state index in [2.05, 4.69) is 34.8 Å². The minimum Gasteiger partial charge on any atom is -0.491 e. The molecule has 72 valence electrons. The van der Waals surface area contributed by atoms with Gasteiger partial charge in [0.15, 0.2) is 5.75 Å². The highest BCUT2D eigenvalue weighted by Gasteiger charge is 2.02. The van der Waals surface area contributed by atoms with Gasteiger partial charge < -0.3 is 4.74 Å². The van der Waals surface area contributed by atoms with E-state index in [1.807, 2.05) is 13.0 Å². The lowest BCUT2D eigenvalue weighted by Crippen LogP contribution is -2.05. The maximum absolute atomic E-state index is 5.54. The number of rotatable bonds is 3. The molecule has 0 spiro atoms. The van der Waals surface area contributed by atoms with Gasteiger partial charge in [-0.2, -0.15) is 0 Å². The molecule has 0 aliphatic carbocycles. The lowest BCUT2D eigenvalue weighted by molar-refractivity contribution is 0.268. The van der Waals surface area contributed by atoms with E-state index in [4.69, 9.17) is 4.74 Å². The van der Waals surface area contributed by atoms with Gasteiger partial charge in [-0.3, -0.25) is 4.98 Å². The Hall–Kier alpha value is -0.570. The minimum absolute atomic E-state index is 0.535. The predicted molar refractivity (Wildman–Crippen MR) is 57.0 cm³/mol. The summed E-state index contributed by atoms with van der Waals surface area (Å²) < 4.78 is 6.52. The van der Waals surface area contributed by atoms with Gasteiger partial charge in [0.2, 0.25) is 0 Å². The molecule has 1 aromatic heterocycles. The van der Waals surface area contributed by atoms with E-state index >= 15 is 0 Å². The molecule has 0 atom stereocenters. The molecule has 0 saturated heterocycles. The second-order valence-electron chi connectivity index (χ2n) is 3.46. The largest absolute Gasteiger partial charge is 0.491 e. The number of aromatic nitrogens is 1. The molecule has 0 aromatic carbocycles. The molecule has 0 aliphatic rings. The number of ether oxygens (including phenoxy) is 1. The molecule has 0 fully saturated rings. The maximum Gasteiger partial charge on any atom is 0.151 e. The highest BCUT2D eigenvalue weighted by Crippen LogP contribution is 2.24. The van der Waals surface area contributed by atoms with Gasteiger partial charge in [-0.05, 0) is 34.8 Å². The predicted octanol–water partition coefficient (Wildman–Crippen LogP) is 3.19. The minimum atomic E-state index is 0.535. The second kappa shape index (κ2) is 4.61. The third-order valence-electron chi connectivity index (χ3n) is 1.53. The van der Waals surface area contributed by atoms with E-state index in [0.717, 1.165) is 22.5 Å². The topological polar surface area (TPSA) is 22.1 Å². The molecule has 0 unspecified atom stereocenters. The Labute approximate surface area is 87.5 Å². The van der Waals surface area contributed by atoms with Crippen LogP contribution in [0.15, 0.2) is 16.7 Å². The number of aryl methyl sites for hydroxylation is 1. The van der Waals surface area contributed by atoms with Crippen LogP contribution in [0.5, 0.6) is 5.75 Å². The van der Waals surface area contributed by atoms with Gasteiger partial charge in [-0.25, -0.2) is 0 Å². The number of hydrogen-bond donors (Lipinski definition) is 0. The third kappa shape index (κ3) is 3.35. The average molecular weight is 244 g/mol. The van der Waals surface area contributed by atoms with Crippen molar-refractivity contribution in [1.29, 1.82) is 0 Å². The van der Waals surface area contributed by atoms with Crippen LogP contribution in [0.1, 0.15) is 19.5 Å². The van der Waals surface area contributed by atoms with Crippen molar-refractivity contribution in [3.63, 3.8) is 0 Å². The molecule has 0 radical (unpaired) electrons. The van der Waals surface area contributed by atoms with E-state index in [1.165, 1.54) is 0 Å². The molecule has 0 saturated carbocycles. The van der Waals surface area contributed by atoms with Crippen LogP contribution in [0.4, 0.5) is 0 Å². The Morgan fingerprint density at radius 2 is 2.23 bits per heavy atom. The Kier molecular flexibility index (Phi) is 3.72. The molecule has 0 bridgehead atoms. The van der Waals surface area contributed by atoms with Gasteiger partial charge in [0.25, 0.3) is 0 Å². The zero-order valence-electron chi connectivity index (χ0n) is 8.17. The summed E-state index contributed by atoms with van der Waals surface area (Å²) in [6.45, 7) is 6.92. The number of pyridine rings is 1. The maximum atomic E-state index is 5.54. The first kappa shape index (κ1) is 10.5. The van der Waals surface area contributed by atoms with Crippen LogP contribution in [-0.4, -0.2) is 11.6 Å². The van der Waals surface area contributed by atoms with Crippen molar-refractivity contribution < 1.29 is 4.74 Å². The van der Waals surface area contributed by atoms with Crippen molar-refractivity contribution in [3.05, 3.63) is 22.4 Å². The van der Waals surface area contributed by atoms with Crippen molar-refractivity contribution in [1.82, 2.24) is 4.98 Å². The molecular formula is C10H14BrNO. The standard InChI is InChI=1S/C10H14BrNO/c1-7(2)6-13-10-5-12-8(3)4-9(10)11/h4-5,7H,6H2,1-3H3. The Morgan fingerprint density at radius 3 is 2.77 bits per heavy atom. The summed E-state index contributed by atoms with van der Waals surface area (Å²) in [7, 11) is 0. The van der Waals surface area contributed by atoms with Gasteiger partial charge in [0, 0.05) is 5.69 Å². The van der Waals surface area contributed by atoms with Crippen LogP contribution in [-0.2, 0) is 0 Å². The SMILES string of the molecule is Cc1cc(Br)c(OCC(C)C)cn1. The van der Waals surface area contributed by atoms with Crippen molar-refractivity contribution in [2.24, 2.45) is 5.92 Å². The Balaban J connectivity index is 2.67. The summed E-state index contributed by atoms with van der Waals surface area (Å²) >= 11 is 3.43. The van der Waals surface area contributed by atoms with Gasteiger partial charge >= 0.3 is 0 Å². The van der Waals surface area contributed by atoms with Crippen LogP contribution in [0.2, 0.25) is 0 Å². The van der Waals surface area contributed by atoms with Gasteiger partial charge in [-0.1, -0.05) is 13.8 Å². The van der Waals surface area contributed by atoms with Crippen LogP contribution >= 0.6 is 15.9 Å². The molecule has 1 heterocycles. The summed E-state index contributed by atoms with van der Waals surface area (Å²) in [5.74, 6) is 1.35. The Morgan fingerprint density at radius 1 is 1.54 bits per heavy atom. The average Bonchev–Trinajstić information content (AvgIpc) is 2.02. The van der Waals surface area contributed by atoms with Crippen LogP contribution in [0.3, 0.4) is 0 Å². The van der Waals surface area contributed by atoms with Crippen molar-refractivity contribution in [2.45, 2.75) is 20.8 Å². The summed E-state index contributed by atoms with van der Waals surface area (Å²) in [4.78, 5) is 4.16. The number of nitrogens with zero attached hydrogens (tertiary/aromatic N) is 1. The van der Waals surface area contributed by atoms with E-state index in [9.17, 15) is 0 Å². The third-order valence-corrected chi connectivity index (χ3v) is 2.15. The zero-order chi connectivity index (χ0) is 9.84. The normalized spacial score (nSPS) is 10.5. The summed E-state index contributed by atoms with van der Waals surface area (Å²) in [6, 6.07) is 1.95. The fraction of sp³-hybridized carbons (Fsp3) is 0.500.